The van der Waals surface area contributed by atoms with Gasteiger partial charge in [0.2, 0.25) is 5.91 Å². The third-order valence-electron chi connectivity index (χ3n) is 3.42. The summed E-state index contributed by atoms with van der Waals surface area (Å²) >= 11 is 0. The van der Waals surface area contributed by atoms with E-state index in [1.807, 2.05) is 4.90 Å². The van der Waals surface area contributed by atoms with Crippen LogP contribution in [0.15, 0.2) is 0 Å². The molecule has 2 N–H and O–H groups in total. The number of amides is 1. The Morgan fingerprint density at radius 2 is 1.94 bits per heavy atom. The zero-order valence-electron chi connectivity index (χ0n) is 11.5. The lowest BCUT2D eigenvalue weighted by molar-refractivity contribution is -0.131. The van der Waals surface area contributed by atoms with E-state index in [0.29, 0.717) is 18.9 Å². The van der Waals surface area contributed by atoms with Crippen LogP contribution >= 0.6 is 0 Å². The van der Waals surface area contributed by atoms with Crippen LogP contribution in [0.5, 0.6) is 0 Å². The van der Waals surface area contributed by atoms with E-state index in [2.05, 4.69) is 25.8 Å². The van der Waals surface area contributed by atoms with Gasteiger partial charge in [-0.05, 0) is 25.8 Å². The Morgan fingerprint density at radius 3 is 2.41 bits per heavy atom. The summed E-state index contributed by atoms with van der Waals surface area (Å²) in [5.74, 6) is 0.879. The summed E-state index contributed by atoms with van der Waals surface area (Å²) in [4.78, 5) is 16.2. The lowest BCUT2D eigenvalue weighted by atomic mass is 10.1. The van der Waals surface area contributed by atoms with Gasteiger partial charge < -0.3 is 15.5 Å². The third-order valence-corrected chi connectivity index (χ3v) is 3.42. The van der Waals surface area contributed by atoms with Crippen molar-refractivity contribution >= 4 is 5.91 Å². The van der Waals surface area contributed by atoms with Crippen molar-refractivity contribution in [1.82, 2.24) is 9.80 Å². The maximum Gasteiger partial charge on any atom is 0.224 e. The van der Waals surface area contributed by atoms with Crippen molar-refractivity contribution in [2.45, 2.75) is 39.2 Å². The van der Waals surface area contributed by atoms with E-state index >= 15 is 0 Å². The second-order valence-electron chi connectivity index (χ2n) is 5.51. The predicted molar refractivity (Wildman–Crippen MR) is 70.7 cm³/mol. The molecule has 1 aliphatic heterocycles. The van der Waals surface area contributed by atoms with Crippen LogP contribution in [0.25, 0.3) is 0 Å². The van der Waals surface area contributed by atoms with E-state index in [1.54, 1.807) is 0 Å². The fraction of sp³-hybridized carbons (Fsp3) is 0.923. The summed E-state index contributed by atoms with van der Waals surface area (Å²) in [6.45, 7) is 7.80. The Morgan fingerprint density at radius 1 is 1.35 bits per heavy atom. The first-order valence-electron chi connectivity index (χ1n) is 6.72. The molecule has 0 aliphatic carbocycles. The number of likely N-dealkylation sites (N-methyl/N-ethyl adjacent to an activating group) is 1. The highest BCUT2D eigenvalue weighted by molar-refractivity contribution is 5.77. The van der Waals surface area contributed by atoms with E-state index in [4.69, 9.17) is 5.73 Å². The number of rotatable bonds is 6. The fourth-order valence-corrected chi connectivity index (χ4v) is 2.44. The minimum atomic E-state index is 0.186. The first kappa shape index (κ1) is 14.5. The molecule has 1 aliphatic rings. The zero-order valence-corrected chi connectivity index (χ0v) is 11.5. The molecule has 0 aromatic heterocycles. The molecule has 0 saturated carbocycles. The Hall–Kier alpha value is -0.610. The molecule has 100 valence electrons. The van der Waals surface area contributed by atoms with E-state index in [9.17, 15) is 4.79 Å². The average Bonchev–Trinajstić information content (AvgIpc) is 2.77. The topological polar surface area (TPSA) is 49.6 Å². The number of hydrogen-bond donors (Lipinski definition) is 1. The number of hydrogen-bond acceptors (Lipinski definition) is 3. The smallest absolute Gasteiger partial charge is 0.224 e. The van der Waals surface area contributed by atoms with Crippen molar-refractivity contribution in [1.29, 1.82) is 0 Å². The molecule has 4 heteroatoms. The maximum absolute atomic E-state index is 12.0. The van der Waals surface area contributed by atoms with E-state index in [-0.39, 0.29) is 11.9 Å². The number of nitrogens with zero attached hydrogens (tertiary/aromatic N) is 2. The first-order valence-corrected chi connectivity index (χ1v) is 6.72. The molecule has 0 bridgehead atoms. The summed E-state index contributed by atoms with van der Waals surface area (Å²) in [5.41, 5.74) is 5.78. The third kappa shape index (κ3) is 4.64. The summed E-state index contributed by atoms with van der Waals surface area (Å²) in [7, 11) is 2.06. The molecule has 1 fully saturated rings. The number of nitrogens with two attached hydrogens (primary N) is 1. The quantitative estimate of drug-likeness (QED) is 0.752. The Labute approximate surface area is 105 Å². The molecule has 1 rings (SSSR count). The molecular weight excluding hydrogens is 214 g/mol. The number of likely N-dealkylation sites (tertiary alicyclic amines) is 1. The molecule has 0 aromatic rings. The van der Waals surface area contributed by atoms with Crippen LogP contribution in [-0.2, 0) is 4.79 Å². The van der Waals surface area contributed by atoms with Gasteiger partial charge in [0.15, 0.2) is 0 Å². The van der Waals surface area contributed by atoms with Crippen LogP contribution in [0.2, 0.25) is 0 Å². The Kier molecular flexibility index (Phi) is 5.92. The number of carbonyl (C=O) groups is 1. The molecule has 0 spiro atoms. The summed E-state index contributed by atoms with van der Waals surface area (Å²) in [5, 5.41) is 0. The second-order valence-corrected chi connectivity index (χ2v) is 5.51. The molecule has 1 unspecified atom stereocenters. The van der Waals surface area contributed by atoms with Gasteiger partial charge in [-0.2, -0.15) is 0 Å². The minimum absolute atomic E-state index is 0.186. The highest BCUT2D eigenvalue weighted by Gasteiger charge is 2.23. The van der Waals surface area contributed by atoms with Gasteiger partial charge in [-0.3, -0.25) is 4.79 Å². The molecule has 0 radical (unpaired) electrons. The van der Waals surface area contributed by atoms with Gasteiger partial charge in [-0.1, -0.05) is 13.8 Å². The van der Waals surface area contributed by atoms with Gasteiger partial charge in [-0.25, -0.2) is 0 Å². The van der Waals surface area contributed by atoms with Crippen LogP contribution in [0, 0.1) is 5.92 Å². The summed E-state index contributed by atoms with van der Waals surface area (Å²) < 4.78 is 0. The highest BCUT2D eigenvalue weighted by Crippen LogP contribution is 2.12. The van der Waals surface area contributed by atoms with Crippen LogP contribution < -0.4 is 5.73 Å². The SMILES string of the molecule is CC(C)CN(C)C(CN)CC(=O)N1CCCC1. The second kappa shape index (κ2) is 6.97. The lowest BCUT2D eigenvalue weighted by Crippen LogP contribution is -2.43. The van der Waals surface area contributed by atoms with Gasteiger partial charge in [0.1, 0.15) is 0 Å². The summed E-state index contributed by atoms with van der Waals surface area (Å²) in [6, 6.07) is 0.186. The van der Waals surface area contributed by atoms with E-state index < -0.39 is 0 Å². The molecule has 17 heavy (non-hydrogen) atoms. The Balaban J connectivity index is 2.42. The average molecular weight is 241 g/mol. The molecule has 1 saturated heterocycles. The van der Waals surface area contributed by atoms with Gasteiger partial charge in [-0.15, -0.1) is 0 Å². The molecule has 4 nitrogen and oxygen atoms in total. The van der Waals surface area contributed by atoms with E-state index in [0.717, 1.165) is 32.5 Å². The van der Waals surface area contributed by atoms with Crippen molar-refractivity contribution in [2.75, 3.05) is 33.2 Å². The van der Waals surface area contributed by atoms with Crippen LogP contribution in [-0.4, -0.2) is 55.0 Å². The maximum atomic E-state index is 12.0. The van der Waals surface area contributed by atoms with Crippen LogP contribution in [0.1, 0.15) is 33.1 Å². The normalized spacial score (nSPS) is 18.1. The lowest BCUT2D eigenvalue weighted by Gasteiger charge is -2.29. The predicted octanol–water partition coefficient (Wildman–Crippen LogP) is 0.914. The van der Waals surface area contributed by atoms with E-state index in [1.165, 1.54) is 0 Å². The molecule has 1 amide bonds. The standard InChI is InChI=1S/C13H27N3O/c1-11(2)10-15(3)12(9-14)8-13(17)16-6-4-5-7-16/h11-12H,4-10,14H2,1-3H3. The van der Waals surface area contributed by atoms with Gasteiger partial charge in [0.05, 0.1) is 0 Å². The van der Waals surface area contributed by atoms with Crippen molar-refractivity contribution in [2.24, 2.45) is 11.7 Å². The van der Waals surface area contributed by atoms with Crippen molar-refractivity contribution in [3.05, 3.63) is 0 Å². The zero-order chi connectivity index (χ0) is 12.8. The molecule has 1 heterocycles. The fourth-order valence-electron chi connectivity index (χ4n) is 2.44. The number of carbonyl (C=O) groups excluding carboxylic acids is 1. The van der Waals surface area contributed by atoms with Crippen molar-refractivity contribution in [3.63, 3.8) is 0 Å². The largest absolute Gasteiger partial charge is 0.343 e. The first-order chi connectivity index (χ1) is 8.04. The van der Waals surface area contributed by atoms with Gasteiger partial charge >= 0.3 is 0 Å². The summed E-state index contributed by atoms with van der Waals surface area (Å²) in [6.07, 6.45) is 2.88. The highest BCUT2D eigenvalue weighted by atomic mass is 16.2. The van der Waals surface area contributed by atoms with Crippen molar-refractivity contribution < 1.29 is 4.79 Å². The van der Waals surface area contributed by atoms with Gasteiger partial charge in [0.25, 0.3) is 0 Å². The minimum Gasteiger partial charge on any atom is -0.343 e. The van der Waals surface area contributed by atoms with Crippen LogP contribution in [0.3, 0.4) is 0 Å². The van der Waals surface area contributed by atoms with Crippen LogP contribution in [0.4, 0.5) is 0 Å². The monoisotopic (exact) mass is 241 g/mol. The molecule has 0 aromatic carbocycles. The molecule has 1 atom stereocenters. The van der Waals surface area contributed by atoms with Gasteiger partial charge in [0, 0.05) is 38.6 Å². The van der Waals surface area contributed by atoms with Crippen molar-refractivity contribution in [3.8, 4) is 0 Å². The Bertz CT molecular complexity index is 237. The molecular formula is C13H27N3O.